The summed E-state index contributed by atoms with van der Waals surface area (Å²) in [6.45, 7) is 6.91. The first-order valence-electron chi connectivity index (χ1n) is 4.73. The molecule has 1 rings (SSSR count). The molecule has 4 atom stereocenters. The van der Waals surface area contributed by atoms with Crippen molar-refractivity contribution in [2.45, 2.75) is 39.7 Å². The average molecular weight is 156 g/mol. The number of methoxy groups -OCH3 is 1. The van der Waals surface area contributed by atoms with Crippen LogP contribution in [0.4, 0.5) is 0 Å². The van der Waals surface area contributed by atoms with Crippen molar-refractivity contribution >= 4 is 0 Å². The van der Waals surface area contributed by atoms with E-state index in [1.165, 1.54) is 12.8 Å². The topological polar surface area (TPSA) is 9.23 Å². The summed E-state index contributed by atoms with van der Waals surface area (Å²) in [5.74, 6) is 2.43. The van der Waals surface area contributed by atoms with Gasteiger partial charge in [-0.25, -0.2) is 0 Å². The summed E-state index contributed by atoms with van der Waals surface area (Å²) in [6, 6.07) is 0. The molecule has 0 aromatic carbocycles. The van der Waals surface area contributed by atoms with E-state index in [1.807, 2.05) is 7.11 Å². The van der Waals surface area contributed by atoms with Gasteiger partial charge in [0.15, 0.2) is 0 Å². The lowest BCUT2D eigenvalue weighted by atomic mass is 9.95. The summed E-state index contributed by atoms with van der Waals surface area (Å²) >= 11 is 0. The molecule has 1 saturated carbocycles. The fourth-order valence-electron chi connectivity index (χ4n) is 2.60. The highest BCUT2D eigenvalue weighted by atomic mass is 16.5. The second-order valence-corrected chi connectivity index (χ2v) is 3.94. The monoisotopic (exact) mass is 156 g/mol. The molecule has 0 N–H and O–H groups in total. The van der Waals surface area contributed by atoms with Gasteiger partial charge in [-0.05, 0) is 24.2 Å². The smallest absolute Gasteiger partial charge is 0.0625 e. The third-order valence-corrected chi connectivity index (χ3v) is 3.29. The normalized spacial score (nSPS) is 44.7. The Bertz CT molecular complexity index is 122. The number of hydrogen-bond donors (Lipinski definition) is 0. The minimum absolute atomic E-state index is 0.514. The Morgan fingerprint density at radius 1 is 1.36 bits per heavy atom. The quantitative estimate of drug-likeness (QED) is 0.597. The number of hydrogen-bond acceptors (Lipinski definition) is 1. The lowest BCUT2D eigenvalue weighted by Crippen LogP contribution is -2.21. The molecule has 0 radical (unpaired) electrons. The summed E-state index contributed by atoms with van der Waals surface area (Å²) in [5, 5.41) is 0. The van der Waals surface area contributed by atoms with E-state index >= 15 is 0 Å². The molecule has 0 spiro atoms. The van der Waals surface area contributed by atoms with E-state index in [0.29, 0.717) is 6.10 Å². The Morgan fingerprint density at radius 2 is 2.00 bits per heavy atom. The molecule has 0 aromatic rings. The van der Waals surface area contributed by atoms with E-state index in [4.69, 9.17) is 4.74 Å². The van der Waals surface area contributed by atoms with Crippen molar-refractivity contribution in [3.8, 4) is 0 Å². The predicted octanol–water partition coefficient (Wildman–Crippen LogP) is 2.70. The van der Waals surface area contributed by atoms with Crippen LogP contribution in [-0.4, -0.2) is 13.2 Å². The standard InChI is InChI=1S/C10H20O/c1-5-9-6-7(2)10(11-4)8(9)3/h7-10H,5-6H2,1-4H3. The third kappa shape index (κ3) is 1.58. The van der Waals surface area contributed by atoms with Crippen molar-refractivity contribution in [3.05, 3.63) is 0 Å². The summed E-state index contributed by atoms with van der Waals surface area (Å²) < 4.78 is 5.47. The van der Waals surface area contributed by atoms with Crippen LogP contribution in [0.5, 0.6) is 0 Å². The van der Waals surface area contributed by atoms with E-state index in [2.05, 4.69) is 20.8 Å². The molecule has 1 aliphatic carbocycles. The van der Waals surface area contributed by atoms with Crippen molar-refractivity contribution in [2.24, 2.45) is 17.8 Å². The summed E-state index contributed by atoms with van der Waals surface area (Å²) in [6.07, 6.45) is 3.18. The molecule has 1 aliphatic rings. The predicted molar refractivity (Wildman–Crippen MR) is 47.5 cm³/mol. The van der Waals surface area contributed by atoms with Gasteiger partial charge in [-0.15, -0.1) is 0 Å². The van der Waals surface area contributed by atoms with E-state index in [1.54, 1.807) is 0 Å². The largest absolute Gasteiger partial charge is 0.381 e. The summed E-state index contributed by atoms with van der Waals surface area (Å²) in [5.41, 5.74) is 0. The maximum Gasteiger partial charge on any atom is 0.0625 e. The molecular weight excluding hydrogens is 136 g/mol. The maximum atomic E-state index is 5.47. The summed E-state index contributed by atoms with van der Waals surface area (Å²) in [4.78, 5) is 0. The fraction of sp³-hybridized carbons (Fsp3) is 1.00. The lowest BCUT2D eigenvalue weighted by Gasteiger charge is -2.19. The highest BCUT2D eigenvalue weighted by Crippen LogP contribution is 2.39. The Kier molecular flexibility index (Phi) is 2.94. The zero-order chi connectivity index (χ0) is 8.43. The molecule has 0 saturated heterocycles. The van der Waals surface area contributed by atoms with Crippen LogP contribution in [0.1, 0.15) is 33.6 Å². The molecule has 0 amide bonds. The van der Waals surface area contributed by atoms with Gasteiger partial charge in [0, 0.05) is 7.11 Å². The maximum absolute atomic E-state index is 5.47. The van der Waals surface area contributed by atoms with Crippen molar-refractivity contribution in [3.63, 3.8) is 0 Å². The zero-order valence-corrected chi connectivity index (χ0v) is 8.13. The van der Waals surface area contributed by atoms with Crippen LogP contribution in [0.2, 0.25) is 0 Å². The van der Waals surface area contributed by atoms with Crippen molar-refractivity contribution in [1.29, 1.82) is 0 Å². The minimum Gasteiger partial charge on any atom is -0.381 e. The van der Waals surface area contributed by atoms with Crippen molar-refractivity contribution in [2.75, 3.05) is 7.11 Å². The number of rotatable bonds is 2. The molecule has 0 aliphatic heterocycles. The van der Waals surface area contributed by atoms with Gasteiger partial charge >= 0.3 is 0 Å². The molecule has 0 heterocycles. The Hall–Kier alpha value is -0.0400. The van der Waals surface area contributed by atoms with Gasteiger partial charge in [-0.3, -0.25) is 0 Å². The van der Waals surface area contributed by atoms with Crippen molar-refractivity contribution in [1.82, 2.24) is 0 Å². The van der Waals surface area contributed by atoms with E-state index in [9.17, 15) is 0 Å². The fourth-order valence-corrected chi connectivity index (χ4v) is 2.60. The van der Waals surface area contributed by atoms with Gasteiger partial charge in [-0.1, -0.05) is 27.2 Å². The Morgan fingerprint density at radius 3 is 2.27 bits per heavy atom. The zero-order valence-electron chi connectivity index (χ0n) is 8.13. The Labute approximate surface area is 70.1 Å². The highest BCUT2D eigenvalue weighted by Gasteiger charge is 2.36. The van der Waals surface area contributed by atoms with Crippen LogP contribution in [0.25, 0.3) is 0 Å². The third-order valence-electron chi connectivity index (χ3n) is 3.29. The highest BCUT2D eigenvalue weighted by molar-refractivity contribution is 4.86. The van der Waals surface area contributed by atoms with Crippen LogP contribution in [0.3, 0.4) is 0 Å². The molecule has 66 valence electrons. The minimum atomic E-state index is 0.514. The molecule has 1 nitrogen and oxygen atoms in total. The van der Waals surface area contributed by atoms with Crippen LogP contribution < -0.4 is 0 Å². The molecule has 11 heavy (non-hydrogen) atoms. The lowest BCUT2D eigenvalue weighted by molar-refractivity contribution is 0.0428. The van der Waals surface area contributed by atoms with E-state index < -0.39 is 0 Å². The van der Waals surface area contributed by atoms with Crippen LogP contribution >= 0.6 is 0 Å². The average Bonchev–Trinajstić information content (AvgIpc) is 2.26. The van der Waals surface area contributed by atoms with Crippen molar-refractivity contribution < 1.29 is 4.74 Å². The molecule has 1 fully saturated rings. The Balaban J connectivity index is 2.55. The first kappa shape index (κ1) is 9.05. The second-order valence-electron chi connectivity index (χ2n) is 3.94. The molecule has 4 unspecified atom stereocenters. The van der Waals surface area contributed by atoms with Crippen LogP contribution in [0, 0.1) is 17.8 Å². The van der Waals surface area contributed by atoms with Gasteiger partial charge in [0.1, 0.15) is 0 Å². The molecule has 0 aromatic heterocycles. The van der Waals surface area contributed by atoms with E-state index in [-0.39, 0.29) is 0 Å². The van der Waals surface area contributed by atoms with Crippen LogP contribution in [-0.2, 0) is 4.74 Å². The van der Waals surface area contributed by atoms with Gasteiger partial charge in [0.05, 0.1) is 6.10 Å². The van der Waals surface area contributed by atoms with Gasteiger partial charge in [-0.2, -0.15) is 0 Å². The molecule has 0 bridgehead atoms. The van der Waals surface area contributed by atoms with E-state index in [0.717, 1.165) is 17.8 Å². The van der Waals surface area contributed by atoms with Gasteiger partial charge < -0.3 is 4.74 Å². The molecule has 1 heteroatoms. The van der Waals surface area contributed by atoms with Gasteiger partial charge in [0.2, 0.25) is 0 Å². The second kappa shape index (κ2) is 3.57. The SMILES string of the molecule is CCC1CC(C)C(OC)C1C. The van der Waals surface area contributed by atoms with Gasteiger partial charge in [0.25, 0.3) is 0 Å². The molecular formula is C10H20O. The van der Waals surface area contributed by atoms with Crippen LogP contribution in [0.15, 0.2) is 0 Å². The summed E-state index contributed by atoms with van der Waals surface area (Å²) in [7, 11) is 1.84. The first-order chi connectivity index (χ1) is 5.20. The number of ether oxygens (including phenoxy) is 1. The first-order valence-corrected chi connectivity index (χ1v) is 4.73.